The zero-order chi connectivity index (χ0) is 12.4. The highest BCUT2D eigenvalue weighted by Crippen LogP contribution is 2.32. The number of benzene rings is 1. The topological polar surface area (TPSA) is 49.3 Å². The highest BCUT2D eigenvalue weighted by atomic mass is 35.5. The van der Waals surface area contributed by atoms with Crippen molar-refractivity contribution in [1.29, 1.82) is 0 Å². The molecule has 0 spiro atoms. The molecule has 92 valence electrons. The molecule has 0 saturated carbocycles. The van der Waals surface area contributed by atoms with Crippen LogP contribution in [0.3, 0.4) is 0 Å². The van der Waals surface area contributed by atoms with Crippen LogP contribution in [0.25, 0.3) is 0 Å². The molecule has 1 unspecified atom stereocenters. The van der Waals surface area contributed by atoms with Crippen molar-refractivity contribution < 1.29 is 9.90 Å². The molecule has 17 heavy (non-hydrogen) atoms. The lowest BCUT2D eigenvalue weighted by Gasteiger charge is -2.22. The zero-order valence-electron chi connectivity index (χ0n) is 9.17. The Hall–Kier alpha value is -0.770. The van der Waals surface area contributed by atoms with E-state index >= 15 is 0 Å². The first-order valence-electron chi connectivity index (χ1n) is 5.52. The molecule has 0 radical (unpaired) electrons. The third-order valence-corrected chi connectivity index (χ3v) is 3.69. The van der Waals surface area contributed by atoms with Gasteiger partial charge in [0.15, 0.2) is 5.78 Å². The Bertz CT molecular complexity index is 442. The van der Waals surface area contributed by atoms with Gasteiger partial charge in [-0.05, 0) is 25.5 Å². The average molecular weight is 274 g/mol. The maximum atomic E-state index is 12.2. The molecule has 1 saturated heterocycles. The van der Waals surface area contributed by atoms with Gasteiger partial charge in [-0.1, -0.05) is 23.2 Å². The van der Waals surface area contributed by atoms with E-state index in [0.717, 1.165) is 19.4 Å². The first-order valence-corrected chi connectivity index (χ1v) is 6.28. The standard InChI is InChI=1S/C12H13Cl2NO2/c13-9-4-8(11(16)5-10(9)14)12(17)7-2-1-3-15-6-7/h4-5,7,15-16H,1-3,6H2. The van der Waals surface area contributed by atoms with E-state index in [4.69, 9.17) is 23.2 Å². The van der Waals surface area contributed by atoms with Crippen molar-refractivity contribution in [3.63, 3.8) is 0 Å². The summed E-state index contributed by atoms with van der Waals surface area (Å²) in [4.78, 5) is 12.2. The predicted molar refractivity (Wildman–Crippen MR) is 68.1 cm³/mol. The van der Waals surface area contributed by atoms with Gasteiger partial charge in [-0.15, -0.1) is 0 Å². The number of Topliss-reactive ketones (excluding diaryl/α,β-unsaturated/α-hetero) is 1. The fraction of sp³-hybridized carbons (Fsp3) is 0.417. The second kappa shape index (κ2) is 5.25. The van der Waals surface area contributed by atoms with E-state index in [2.05, 4.69) is 5.32 Å². The highest BCUT2D eigenvalue weighted by Gasteiger charge is 2.25. The molecule has 1 aliphatic heterocycles. The normalized spacial score (nSPS) is 20.2. The van der Waals surface area contributed by atoms with Gasteiger partial charge < -0.3 is 10.4 Å². The number of hydrogen-bond acceptors (Lipinski definition) is 3. The first-order chi connectivity index (χ1) is 8.09. The lowest BCUT2D eigenvalue weighted by molar-refractivity contribution is 0.0897. The highest BCUT2D eigenvalue weighted by molar-refractivity contribution is 6.42. The van der Waals surface area contributed by atoms with Crippen molar-refractivity contribution in [1.82, 2.24) is 5.32 Å². The van der Waals surface area contributed by atoms with Crippen LogP contribution in [0.4, 0.5) is 0 Å². The summed E-state index contributed by atoms with van der Waals surface area (Å²) in [6.45, 7) is 1.59. The Labute approximate surface area is 110 Å². The molecule has 2 rings (SSSR count). The number of phenols is 1. The molecule has 0 bridgehead atoms. The van der Waals surface area contributed by atoms with Gasteiger partial charge in [-0.2, -0.15) is 0 Å². The van der Waals surface area contributed by atoms with E-state index in [1.165, 1.54) is 12.1 Å². The Morgan fingerprint density at radius 2 is 2.06 bits per heavy atom. The first kappa shape index (κ1) is 12.7. The van der Waals surface area contributed by atoms with Crippen LogP contribution in [0, 0.1) is 5.92 Å². The van der Waals surface area contributed by atoms with E-state index in [0.29, 0.717) is 6.54 Å². The number of piperidine rings is 1. The van der Waals surface area contributed by atoms with E-state index in [1.807, 2.05) is 0 Å². The molecular formula is C12H13Cl2NO2. The minimum absolute atomic E-state index is 0.0757. The summed E-state index contributed by atoms with van der Waals surface area (Å²) in [5, 5.41) is 13.4. The third kappa shape index (κ3) is 2.73. The van der Waals surface area contributed by atoms with Gasteiger partial charge >= 0.3 is 0 Å². The quantitative estimate of drug-likeness (QED) is 0.815. The number of phenolic OH excluding ortho intramolecular Hbond substituents is 1. The van der Waals surface area contributed by atoms with Gasteiger partial charge in [0.2, 0.25) is 0 Å². The van der Waals surface area contributed by atoms with Crippen molar-refractivity contribution in [3.8, 4) is 5.75 Å². The molecule has 1 fully saturated rings. The van der Waals surface area contributed by atoms with Crippen molar-refractivity contribution in [2.24, 2.45) is 5.92 Å². The van der Waals surface area contributed by atoms with Crippen LogP contribution in [0.5, 0.6) is 5.75 Å². The Morgan fingerprint density at radius 3 is 2.71 bits per heavy atom. The maximum Gasteiger partial charge on any atom is 0.170 e. The fourth-order valence-electron chi connectivity index (χ4n) is 2.03. The molecule has 0 aromatic heterocycles. The molecule has 1 heterocycles. The predicted octanol–water partition coefficient (Wildman–Crippen LogP) is 2.88. The third-order valence-electron chi connectivity index (χ3n) is 2.97. The molecule has 0 aliphatic carbocycles. The van der Waals surface area contributed by atoms with Gasteiger partial charge in [0.05, 0.1) is 15.6 Å². The fourth-order valence-corrected chi connectivity index (χ4v) is 2.35. The van der Waals surface area contributed by atoms with Crippen LogP contribution >= 0.6 is 23.2 Å². The molecule has 3 nitrogen and oxygen atoms in total. The lowest BCUT2D eigenvalue weighted by Crippen LogP contribution is -2.34. The number of rotatable bonds is 2. The van der Waals surface area contributed by atoms with Crippen LogP contribution in [0.2, 0.25) is 10.0 Å². The summed E-state index contributed by atoms with van der Waals surface area (Å²) in [6.07, 6.45) is 1.81. The van der Waals surface area contributed by atoms with Crippen molar-refractivity contribution in [2.75, 3.05) is 13.1 Å². The van der Waals surface area contributed by atoms with Crippen LogP contribution in [-0.2, 0) is 0 Å². The Balaban J connectivity index is 2.26. The maximum absolute atomic E-state index is 12.2. The van der Waals surface area contributed by atoms with Crippen molar-refractivity contribution >= 4 is 29.0 Å². The van der Waals surface area contributed by atoms with Gasteiger partial charge in [0.25, 0.3) is 0 Å². The number of nitrogens with one attached hydrogen (secondary N) is 1. The summed E-state index contributed by atoms with van der Waals surface area (Å²) >= 11 is 11.6. The average Bonchev–Trinajstić information content (AvgIpc) is 2.34. The van der Waals surface area contributed by atoms with Crippen LogP contribution in [0.15, 0.2) is 12.1 Å². The second-order valence-electron chi connectivity index (χ2n) is 4.19. The molecule has 1 aromatic carbocycles. The molecular weight excluding hydrogens is 261 g/mol. The van der Waals surface area contributed by atoms with E-state index in [9.17, 15) is 9.90 Å². The van der Waals surface area contributed by atoms with E-state index in [-0.39, 0.29) is 33.1 Å². The second-order valence-corrected chi connectivity index (χ2v) is 5.01. The molecule has 1 atom stereocenters. The van der Waals surface area contributed by atoms with Crippen LogP contribution < -0.4 is 5.32 Å². The number of ketones is 1. The van der Waals surface area contributed by atoms with Crippen molar-refractivity contribution in [2.45, 2.75) is 12.8 Å². The van der Waals surface area contributed by atoms with Gasteiger partial charge in [-0.3, -0.25) is 4.79 Å². The summed E-state index contributed by atoms with van der Waals surface area (Å²) in [5.41, 5.74) is 0.258. The molecule has 5 heteroatoms. The van der Waals surface area contributed by atoms with Gasteiger partial charge in [-0.25, -0.2) is 0 Å². The van der Waals surface area contributed by atoms with Gasteiger partial charge in [0, 0.05) is 18.5 Å². The Kier molecular flexibility index (Phi) is 3.92. The van der Waals surface area contributed by atoms with Crippen LogP contribution in [0.1, 0.15) is 23.2 Å². The number of aromatic hydroxyl groups is 1. The molecule has 2 N–H and O–H groups in total. The largest absolute Gasteiger partial charge is 0.507 e. The summed E-state index contributed by atoms with van der Waals surface area (Å²) < 4.78 is 0. The molecule has 1 aliphatic rings. The summed E-state index contributed by atoms with van der Waals surface area (Å²) in [7, 11) is 0. The Morgan fingerprint density at radius 1 is 1.35 bits per heavy atom. The zero-order valence-corrected chi connectivity index (χ0v) is 10.7. The van der Waals surface area contributed by atoms with Crippen molar-refractivity contribution in [3.05, 3.63) is 27.7 Å². The smallest absolute Gasteiger partial charge is 0.170 e. The SMILES string of the molecule is O=C(c1cc(Cl)c(Cl)cc1O)C1CCCNC1. The van der Waals surface area contributed by atoms with Crippen LogP contribution in [-0.4, -0.2) is 24.0 Å². The monoisotopic (exact) mass is 273 g/mol. The van der Waals surface area contributed by atoms with E-state index < -0.39 is 0 Å². The number of carbonyl (C=O) groups excluding carboxylic acids is 1. The number of halogens is 2. The minimum atomic E-state index is -0.102. The van der Waals surface area contributed by atoms with E-state index in [1.54, 1.807) is 0 Å². The molecule has 1 aromatic rings. The summed E-state index contributed by atoms with van der Waals surface area (Å²) in [6, 6.07) is 2.75. The summed E-state index contributed by atoms with van der Waals surface area (Å²) in [5.74, 6) is -0.268. The van der Waals surface area contributed by atoms with Gasteiger partial charge in [0.1, 0.15) is 5.75 Å². The lowest BCUT2D eigenvalue weighted by atomic mass is 9.90. The molecule has 0 amide bonds. The number of carbonyl (C=O) groups is 1. The number of hydrogen-bond donors (Lipinski definition) is 2. The minimum Gasteiger partial charge on any atom is -0.507 e.